The van der Waals surface area contributed by atoms with E-state index in [1.165, 1.54) is 0 Å². The highest BCUT2D eigenvalue weighted by molar-refractivity contribution is 9.10. The van der Waals surface area contributed by atoms with Gasteiger partial charge in [-0.1, -0.05) is 44.7 Å². The molecule has 2 heterocycles. The number of amides is 1. The Labute approximate surface area is 236 Å². The molecule has 202 valence electrons. The Morgan fingerprint density at radius 3 is 2.74 bits per heavy atom. The number of ether oxygens (including phenoxy) is 2. The second kappa shape index (κ2) is 12.3. The summed E-state index contributed by atoms with van der Waals surface area (Å²) in [6.07, 6.45) is 0.928. The second-order valence-electron chi connectivity index (χ2n) is 9.55. The van der Waals surface area contributed by atoms with E-state index in [-0.39, 0.29) is 5.91 Å². The molecule has 1 aromatic heterocycles. The van der Waals surface area contributed by atoms with Crippen molar-refractivity contribution in [1.29, 1.82) is 0 Å². The average Bonchev–Trinajstić information content (AvgIpc) is 3.25. The van der Waals surface area contributed by atoms with Crippen LogP contribution in [-0.4, -0.2) is 40.1 Å². The van der Waals surface area contributed by atoms with Gasteiger partial charge in [-0.3, -0.25) is 4.79 Å². The van der Waals surface area contributed by atoms with Gasteiger partial charge >= 0.3 is 0 Å². The van der Waals surface area contributed by atoms with E-state index < -0.39 is 6.04 Å². The van der Waals surface area contributed by atoms with Crippen molar-refractivity contribution in [3.63, 3.8) is 0 Å². The molecule has 0 bridgehead atoms. The van der Waals surface area contributed by atoms with Crippen LogP contribution in [0.2, 0.25) is 0 Å². The highest BCUT2D eigenvalue weighted by atomic mass is 79.9. The van der Waals surface area contributed by atoms with Crippen LogP contribution < -0.4 is 20.1 Å². The number of thioether (sulfide) groups is 1. The summed E-state index contributed by atoms with van der Waals surface area (Å²) in [5.41, 5.74) is 3.86. The lowest BCUT2D eigenvalue weighted by Gasteiger charge is -2.29. The number of halogens is 1. The lowest BCUT2D eigenvalue weighted by molar-refractivity contribution is -0.113. The molecule has 2 aromatic carbocycles. The number of aryl methyl sites for hydroxylation is 1. The fourth-order valence-corrected chi connectivity index (χ4v) is 5.41. The van der Waals surface area contributed by atoms with Crippen molar-refractivity contribution < 1.29 is 14.3 Å². The van der Waals surface area contributed by atoms with Gasteiger partial charge in [0.05, 0.1) is 23.8 Å². The molecule has 38 heavy (non-hydrogen) atoms. The molecule has 8 nitrogen and oxygen atoms in total. The Hall–Kier alpha value is -2.98. The molecule has 3 aromatic rings. The summed E-state index contributed by atoms with van der Waals surface area (Å²) in [5, 5.41) is 11.8. The van der Waals surface area contributed by atoms with Crippen molar-refractivity contribution in [3.8, 4) is 11.5 Å². The first-order chi connectivity index (χ1) is 18.2. The maximum atomic E-state index is 13.8. The van der Waals surface area contributed by atoms with Crippen molar-refractivity contribution >= 4 is 45.2 Å². The number of fused-ring (bicyclic) bond motifs is 1. The first-order valence-corrected chi connectivity index (χ1v) is 14.4. The number of rotatable bonds is 10. The summed E-state index contributed by atoms with van der Waals surface area (Å²) in [6, 6.07) is 11.1. The SMILES string of the molecule is CCSc1nc2n(n1)C(c1cc(Br)c(OCCC(C)C)c(OC)c1)C(C(=O)Nc1cccc(C)c1)=C(C)N2. The minimum absolute atomic E-state index is 0.219. The zero-order chi connectivity index (χ0) is 27.4. The van der Waals surface area contributed by atoms with E-state index in [1.54, 1.807) is 23.6 Å². The first-order valence-electron chi connectivity index (χ1n) is 12.7. The highest BCUT2D eigenvalue weighted by Crippen LogP contribution is 2.43. The van der Waals surface area contributed by atoms with Gasteiger partial charge in [0.2, 0.25) is 11.1 Å². The number of methoxy groups -OCH3 is 1. The lowest BCUT2D eigenvalue weighted by Crippen LogP contribution is -2.31. The molecule has 1 aliphatic rings. The standard InChI is InChI=1S/C28H34BrN5O3S/c1-7-38-28-32-27-30-18(5)23(26(35)31-20-10-8-9-17(4)13-20)24(34(27)33-28)19-14-21(29)25(22(15-19)36-6)37-12-11-16(2)3/h8-10,13-16,24H,7,11-12H2,1-6H3,(H,31,35)(H,30,32,33). The number of benzene rings is 2. The molecule has 0 radical (unpaired) electrons. The maximum absolute atomic E-state index is 13.8. The Balaban J connectivity index is 1.79. The molecule has 1 aliphatic heterocycles. The van der Waals surface area contributed by atoms with Crippen LogP contribution >= 0.6 is 27.7 Å². The number of carbonyl (C=O) groups excluding carboxylic acids is 1. The summed E-state index contributed by atoms with van der Waals surface area (Å²) in [6.45, 7) is 10.8. The van der Waals surface area contributed by atoms with Crippen LogP contribution in [-0.2, 0) is 4.79 Å². The highest BCUT2D eigenvalue weighted by Gasteiger charge is 2.35. The molecular weight excluding hydrogens is 566 g/mol. The predicted octanol–water partition coefficient (Wildman–Crippen LogP) is 6.82. The Kier molecular flexibility index (Phi) is 9.04. The fourth-order valence-electron chi connectivity index (χ4n) is 4.28. The second-order valence-corrected chi connectivity index (χ2v) is 11.6. The normalized spacial score (nSPS) is 14.8. The van der Waals surface area contributed by atoms with Crippen LogP contribution in [0, 0.1) is 12.8 Å². The molecule has 2 N–H and O–H groups in total. The summed E-state index contributed by atoms with van der Waals surface area (Å²) < 4.78 is 14.4. The molecule has 0 saturated carbocycles. The van der Waals surface area contributed by atoms with Gasteiger partial charge in [0, 0.05) is 11.4 Å². The monoisotopic (exact) mass is 599 g/mol. The van der Waals surface area contributed by atoms with Gasteiger partial charge in [-0.15, -0.1) is 5.10 Å². The molecular formula is C28H34BrN5O3S. The minimum Gasteiger partial charge on any atom is -0.493 e. The number of carbonyl (C=O) groups is 1. The molecule has 10 heteroatoms. The molecule has 1 unspecified atom stereocenters. The number of allylic oxidation sites excluding steroid dienone is 1. The van der Waals surface area contributed by atoms with Gasteiger partial charge < -0.3 is 20.1 Å². The van der Waals surface area contributed by atoms with Crippen LogP contribution in [0.1, 0.15) is 51.3 Å². The van der Waals surface area contributed by atoms with Gasteiger partial charge in [0.1, 0.15) is 6.04 Å². The molecule has 0 aliphatic carbocycles. The van der Waals surface area contributed by atoms with Crippen LogP contribution in [0.5, 0.6) is 11.5 Å². The van der Waals surface area contributed by atoms with E-state index in [2.05, 4.69) is 52.3 Å². The molecule has 4 rings (SSSR count). The lowest BCUT2D eigenvalue weighted by atomic mass is 9.94. The number of nitrogens with one attached hydrogen (secondary N) is 2. The van der Waals surface area contributed by atoms with Gasteiger partial charge in [-0.25, -0.2) is 4.68 Å². The van der Waals surface area contributed by atoms with Crippen molar-refractivity contribution in [2.75, 3.05) is 30.1 Å². The molecule has 0 spiro atoms. The first kappa shape index (κ1) is 28.0. The number of nitrogens with zero attached hydrogens (tertiary/aromatic N) is 3. The fraction of sp³-hybridized carbons (Fsp3) is 0.393. The summed E-state index contributed by atoms with van der Waals surface area (Å²) in [4.78, 5) is 18.4. The van der Waals surface area contributed by atoms with Crippen LogP contribution in [0.3, 0.4) is 0 Å². The number of aromatic nitrogens is 3. The predicted molar refractivity (Wildman–Crippen MR) is 156 cm³/mol. The maximum Gasteiger partial charge on any atom is 0.255 e. The van der Waals surface area contributed by atoms with E-state index in [0.29, 0.717) is 46.4 Å². The third-order valence-corrected chi connectivity index (χ3v) is 7.45. The summed E-state index contributed by atoms with van der Waals surface area (Å²) >= 11 is 5.24. The number of hydrogen-bond acceptors (Lipinski definition) is 7. The largest absolute Gasteiger partial charge is 0.493 e. The molecule has 0 saturated heterocycles. The molecule has 0 fully saturated rings. The van der Waals surface area contributed by atoms with E-state index >= 15 is 0 Å². The topological polar surface area (TPSA) is 90.3 Å². The molecule has 1 amide bonds. The summed E-state index contributed by atoms with van der Waals surface area (Å²) in [7, 11) is 1.62. The van der Waals surface area contributed by atoms with E-state index in [1.807, 2.05) is 50.2 Å². The van der Waals surface area contributed by atoms with Gasteiger partial charge in [-0.2, -0.15) is 4.98 Å². The van der Waals surface area contributed by atoms with E-state index in [9.17, 15) is 4.79 Å². The average molecular weight is 601 g/mol. The quantitative estimate of drug-likeness (QED) is 0.247. The Morgan fingerprint density at radius 1 is 1.26 bits per heavy atom. The van der Waals surface area contributed by atoms with E-state index in [0.717, 1.165) is 33.5 Å². The third-order valence-electron chi connectivity index (χ3n) is 6.14. The smallest absolute Gasteiger partial charge is 0.255 e. The Bertz CT molecular complexity index is 1350. The van der Waals surface area contributed by atoms with Gasteiger partial charge in [0.15, 0.2) is 11.5 Å². The third kappa shape index (κ3) is 6.18. The number of hydrogen-bond donors (Lipinski definition) is 2. The zero-order valence-corrected chi connectivity index (χ0v) is 25.0. The van der Waals surface area contributed by atoms with Crippen LogP contribution in [0.25, 0.3) is 0 Å². The Morgan fingerprint density at radius 2 is 2.05 bits per heavy atom. The zero-order valence-electron chi connectivity index (χ0n) is 22.6. The van der Waals surface area contributed by atoms with Crippen LogP contribution in [0.15, 0.2) is 57.3 Å². The van der Waals surface area contributed by atoms with Gasteiger partial charge in [-0.05, 0) is 83.3 Å². The van der Waals surface area contributed by atoms with Gasteiger partial charge in [0.25, 0.3) is 5.91 Å². The minimum atomic E-state index is -0.537. The van der Waals surface area contributed by atoms with Crippen molar-refractivity contribution in [3.05, 3.63) is 63.3 Å². The van der Waals surface area contributed by atoms with Crippen LogP contribution in [0.4, 0.5) is 11.6 Å². The summed E-state index contributed by atoms with van der Waals surface area (Å²) in [5.74, 6) is 2.95. The van der Waals surface area contributed by atoms with Crippen molar-refractivity contribution in [2.45, 2.75) is 52.2 Å². The van der Waals surface area contributed by atoms with E-state index in [4.69, 9.17) is 14.6 Å². The van der Waals surface area contributed by atoms with Crippen molar-refractivity contribution in [1.82, 2.24) is 14.8 Å². The van der Waals surface area contributed by atoms with Crippen molar-refractivity contribution in [2.24, 2.45) is 5.92 Å². The number of anilines is 2. The molecule has 1 atom stereocenters.